The Labute approximate surface area is 157 Å². The Morgan fingerprint density at radius 2 is 1.88 bits per heavy atom. The maximum Gasteiger partial charge on any atom is 0.337 e. The number of ether oxygens (including phenoxy) is 2. The molecule has 2 rings (SSSR count). The third kappa shape index (κ3) is 5.39. The molecule has 2 N–H and O–H groups in total. The number of halogens is 1. The molecule has 0 atom stereocenters. The van der Waals surface area contributed by atoms with Crippen molar-refractivity contribution in [2.24, 2.45) is 0 Å². The molecule has 7 heteroatoms. The van der Waals surface area contributed by atoms with Crippen molar-refractivity contribution in [1.29, 1.82) is 0 Å². The predicted octanol–water partition coefficient (Wildman–Crippen LogP) is 3.25. The number of amides is 1. The molecule has 0 aliphatic rings. The zero-order chi connectivity index (χ0) is 18.9. The van der Waals surface area contributed by atoms with Crippen LogP contribution >= 0.6 is 11.6 Å². The van der Waals surface area contributed by atoms with Crippen molar-refractivity contribution in [3.05, 3.63) is 58.6 Å². The highest BCUT2D eigenvalue weighted by Gasteiger charge is 2.10. The van der Waals surface area contributed by atoms with Gasteiger partial charge in [-0.2, -0.15) is 0 Å². The molecule has 138 valence electrons. The third-order valence-electron chi connectivity index (χ3n) is 3.72. The van der Waals surface area contributed by atoms with Crippen molar-refractivity contribution >= 4 is 29.2 Å². The summed E-state index contributed by atoms with van der Waals surface area (Å²) in [5.74, 6) is 0.181. The van der Waals surface area contributed by atoms with Crippen LogP contribution < -0.4 is 15.4 Å². The van der Waals surface area contributed by atoms with Crippen molar-refractivity contribution in [3.8, 4) is 5.75 Å². The first-order valence-electron chi connectivity index (χ1n) is 8.05. The number of methoxy groups -OCH3 is 2. The lowest BCUT2D eigenvalue weighted by atomic mass is 10.2. The molecule has 0 unspecified atom stereocenters. The molecule has 6 nitrogen and oxygen atoms in total. The molecule has 0 radical (unpaired) electrons. The fourth-order valence-electron chi connectivity index (χ4n) is 2.35. The first kappa shape index (κ1) is 19.6. The average Bonchev–Trinajstić information content (AvgIpc) is 2.67. The molecule has 2 aromatic carbocycles. The van der Waals surface area contributed by atoms with Crippen LogP contribution in [0, 0.1) is 0 Å². The van der Waals surface area contributed by atoms with Crippen molar-refractivity contribution in [1.82, 2.24) is 5.32 Å². The number of hydrogen-bond acceptors (Lipinski definition) is 5. The number of hydrogen-bond donors (Lipinski definition) is 2. The molecule has 26 heavy (non-hydrogen) atoms. The largest absolute Gasteiger partial charge is 0.496 e. The Hall–Kier alpha value is -2.73. The highest BCUT2D eigenvalue weighted by Crippen LogP contribution is 2.23. The molecule has 2 aromatic rings. The standard InChI is InChI=1S/C19H21ClN2O4/c1-25-17-6-4-3-5-14(17)12-22-18(23)9-10-21-16-11-13(19(24)26-2)7-8-15(16)20/h3-8,11,21H,9-10,12H2,1-2H3,(H,22,23). The fraction of sp³-hybridized carbons (Fsp3) is 0.263. The van der Waals surface area contributed by atoms with Gasteiger partial charge in [0.2, 0.25) is 5.91 Å². The van der Waals surface area contributed by atoms with Crippen LogP contribution in [-0.2, 0) is 16.1 Å². The summed E-state index contributed by atoms with van der Waals surface area (Å²) in [6.07, 6.45) is 0.258. The van der Waals surface area contributed by atoms with Gasteiger partial charge >= 0.3 is 5.97 Å². The number of carbonyl (C=O) groups is 2. The minimum absolute atomic E-state index is 0.108. The molecule has 0 spiro atoms. The Kier molecular flexibility index (Phi) is 7.29. The molecule has 0 saturated heterocycles. The van der Waals surface area contributed by atoms with Gasteiger partial charge in [0, 0.05) is 25.1 Å². The maximum absolute atomic E-state index is 12.0. The summed E-state index contributed by atoms with van der Waals surface area (Å²) in [5, 5.41) is 6.37. The van der Waals surface area contributed by atoms with E-state index in [1.807, 2.05) is 24.3 Å². The van der Waals surface area contributed by atoms with Gasteiger partial charge in [-0.1, -0.05) is 29.8 Å². The van der Waals surface area contributed by atoms with E-state index in [2.05, 4.69) is 15.4 Å². The minimum Gasteiger partial charge on any atom is -0.496 e. The van der Waals surface area contributed by atoms with Crippen LogP contribution in [0.25, 0.3) is 0 Å². The molecular weight excluding hydrogens is 356 g/mol. The average molecular weight is 377 g/mol. The highest BCUT2D eigenvalue weighted by atomic mass is 35.5. The number of esters is 1. The van der Waals surface area contributed by atoms with Crippen molar-refractivity contribution in [3.63, 3.8) is 0 Å². The summed E-state index contributed by atoms with van der Waals surface area (Å²) in [6, 6.07) is 12.3. The molecule has 0 aliphatic carbocycles. The van der Waals surface area contributed by atoms with E-state index in [0.29, 0.717) is 29.4 Å². The SMILES string of the molecule is COC(=O)c1ccc(Cl)c(NCCC(=O)NCc2ccccc2OC)c1. The van der Waals surface area contributed by atoms with E-state index in [9.17, 15) is 9.59 Å². The predicted molar refractivity (Wildman–Crippen MR) is 101 cm³/mol. The lowest BCUT2D eigenvalue weighted by molar-refractivity contribution is -0.121. The van der Waals surface area contributed by atoms with Gasteiger partial charge < -0.3 is 20.1 Å². The van der Waals surface area contributed by atoms with E-state index < -0.39 is 5.97 Å². The summed E-state index contributed by atoms with van der Waals surface area (Å²) in [5.41, 5.74) is 1.87. The quantitative estimate of drug-likeness (QED) is 0.691. The molecule has 0 aliphatic heterocycles. The second-order valence-electron chi connectivity index (χ2n) is 5.45. The number of rotatable bonds is 8. The second kappa shape index (κ2) is 9.68. The number of nitrogens with one attached hydrogen (secondary N) is 2. The molecular formula is C19H21ClN2O4. The lowest BCUT2D eigenvalue weighted by Crippen LogP contribution is -2.25. The summed E-state index contributed by atoms with van der Waals surface area (Å²) in [6.45, 7) is 0.767. The Morgan fingerprint density at radius 3 is 2.62 bits per heavy atom. The third-order valence-corrected chi connectivity index (χ3v) is 4.05. The first-order valence-corrected chi connectivity index (χ1v) is 8.43. The van der Waals surface area contributed by atoms with Crippen LogP contribution in [0.1, 0.15) is 22.3 Å². The van der Waals surface area contributed by atoms with Gasteiger partial charge in [-0.15, -0.1) is 0 Å². The van der Waals surface area contributed by atoms with Crippen molar-refractivity contribution in [2.75, 3.05) is 26.1 Å². The summed E-state index contributed by atoms with van der Waals surface area (Å²) in [4.78, 5) is 23.6. The normalized spacial score (nSPS) is 10.1. The molecule has 0 bridgehead atoms. The van der Waals surface area contributed by atoms with Crippen LogP contribution in [-0.4, -0.2) is 32.6 Å². The van der Waals surface area contributed by atoms with Crippen LogP contribution in [0.4, 0.5) is 5.69 Å². The number of anilines is 1. The van der Waals surface area contributed by atoms with Crippen molar-refractivity contribution < 1.29 is 19.1 Å². The lowest BCUT2D eigenvalue weighted by Gasteiger charge is -2.11. The Morgan fingerprint density at radius 1 is 1.12 bits per heavy atom. The van der Waals surface area contributed by atoms with Crippen molar-refractivity contribution in [2.45, 2.75) is 13.0 Å². The van der Waals surface area contributed by atoms with Gasteiger partial charge in [0.05, 0.1) is 30.5 Å². The van der Waals surface area contributed by atoms with E-state index >= 15 is 0 Å². The van der Waals surface area contributed by atoms with E-state index in [1.54, 1.807) is 25.3 Å². The van der Waals surface area contributed by atoms with Crippen LogP contribution in [0.5, 0.6) is 5.75 Å². The van der Waals surface area contributed by atoms with Gasteiger partial charge in [0.15, 0.2) is 0 Å². The van der Waals surface area contributed by atoms with E-state index in [-0.39, 0.29) is 12.3 Å². The Balaban J connectivity index is 1.84. The van der Waals surface area contributed by atoms with Crippen LogP contribution in [0.15, 0.2) is 42.5 Å². The number of carbonyl (C=O) groups excluding carboxylic acids is 2. The first-order chi connectivity index (χ1) is 12.5. The van der Waals surface area contributed by atoms with Gasteiger partial charge in [-0.25, -0.2) is 4.79 Å². The maximum atomic E-state index is 12.0. The van der Waals surface area contributed by atoms with Crippen LogP contribution in [0.2, 0.25) is 5.02 Å². The van der Waals surface area contributed by atoms with Gasteiger partial charge in [-0.05, 0) is 24.3 Å². The van der Waals surface area contributed by atoms with Gasteiger partial charge in [0.1, 0.15) is 5.75 Å². The molecule has 0 heterocycles. The number of para-hydroxylation sites is 1. The van der Waals surface area contributed by atoms with Gasteiger partial charge in [-0.3, -0.25) is 4.79 Å². The summed E-state index contributed by atoms with van der Waals surface area (Å²) >= 11 is 6.10. The van der Waals surface area contributed by atoms with E-state index in [1.165, 1.54) is 7.11 Å². The number of benzene rings is 2. The molecule has 0 aromatic heterocycles. The topological polar surface area (TPSA) is 76.7 Å². The zero-order valence-electron chi connectivity index (χ0n) is 14.7. The molecule has 0 fully saturated rings. The molecule has 1 amide bonds. The zero-order valence-corrected chi connectivity index (χ0v) is 15.4. The highest BCUT2D eigenvalue weighted by molar-refractivity contribution is 6.33. The minimum atomic E-state index is -0.445. The smallest absolute Gasteiger partial charge is 0.337 e. The fourth-order valence-corrected chi connectivity index (χ4v) is 2.53. The summed E-state index contributed by atoms with van der Waals surface area (Å²) in [7, 11) is 2.91. The monoisotopic (exact) mass is 376 g/mol. The van der Waals surface area contributed by atoms with Gasteiger partial charge in [0.25, 0.3) is 0 Å². The Bertz CT molecular complexity index is 780. The summed E-state index contributed by atoms with van der Waals surface area (Å²) < 4.78 is 9.94. The second-order valence-corrected chi connectivity index (χ2v) is 5.86. The van der Waals surface area contributed by atoms with E-state index in [4.69, 9.17) is 16.3 Å². The van der Waals surface area contributed by atoms with Crippen LogP contribution in [0.3, 0.4) is 0 Å². The van der Waals surface area contributed by atoms with E-state index in [0.717, 1.165) is 11.3 Å². The molecule has 0 saturated carbocycles.